The van der Waals surface area contributed by atoms with Gasteiger partial charge in [-0.1, -0.05) is 12.1 Å². The van der Waals surface area contributed by atoms with Crippen LogP contribution in [0.25, 0.3) is 0 Å². The number of carbonyl (C=O) groups is 2. The zero-order chi connectivity index (χ0) is 15.0. The van der Waals surface area contributed by atoms with E-state index in [0.29, 0.717) is 6.54 Å². The molecule has 0 aliphatic rings. The smallest absolute Gasteiger partial charge is 0.321 e. The first-order chi connectivity index (χ1) is 9.56. The van der Waals surface area contributed by atoms with E-state index in [0.717, 1.165) is 17.0 Å². The highest BCUT2D eigenvalue weighted by Crippen LogP contribution is 2.24. The van der Waals surface area contributed by atoms with Gasteiger partial charge in [-0.25, -0.2) is 4.79 Å². The molecule has 0 saturated heterocycles. The molecular weight excluding hydrogens is 274 g/mol. The molecule has 6 heteroatoms. The summed E-state index contributed by atoms with van der Waals surface area (Å²) in [6.45, 7) is 4.86. The van der Waals surface area contributed by atoms with Crippen molar-refractivity contribution in [3.8, 4) is 0 Å². The summed E-state index contributed by atoms with van der Waals surface area (Å²) >= 11 is 1.43. The minimum Gasteiger partial charge on any atom is -0.338 e. The molecule has 1 atom stereocenters. The van der Waals surface area contributed by atoms with Gasteiger partial charge in [0.15, 0.2) is 0 Å². The van der Waals surface area contributed by atoms with Crippen LogP contribution in [0, 0.1) is 0 Å². The van der Waals surface area contributed by atoms with E-state index in [1.165, 1.54) is 11.8 Å². The van der Waals surface area contributed by atoms with Gasteiger partial charge in [0.05, 0.1) is 5.25 Å². The molecule has 0 aliphatic carbocycles. The van der Waals surface area contributed by atoms with Crippen LogP contribution in [0.2, 0.25) is 0 Å². The molecular formula is C14H21N3O2S. The van der Waals surface area contributed by atoms with E-state index in [9.17, 15) is 9.59 Å². The number of nitrogens with one attached hydrogen (secondary N) is 3. The fourth-order valence-electron chi connectivity index (χ4n) is 1.61. The topological polar surface area (TPSA) is 70.2 Å². The first-order valence-electron chi connectivity index (χ1n) is 6.55. The van der Waals surface area contributed by atoms with Gasteiger partial charge in [0.25, 0.3) is 0 Å². The van der Waals surface area contributed by atoms with E-state index in [-0.39, 0.29) is 11.2 Å². The number of hydrogen-bond acceptors (Lipinski definition) is 4. The Labute approximate surface area is 123 Å². The van der Waals surface area contributed by atoms with E-state index < -0.39 is 6.03 Å². The van der Waals surface area contributed by atoms with E-state index in [4.69, 9.17) is 0 Å². The van der Waals surface area contributed by atoms with Crippen LogP contribution < -0.4 is 16.0 Å². The highest BCUT2D eigenvalue weighted by molar-refractivity contribution is 8.00. The van der Waals surface area contributed by atoms with E-state index in [1.54, 1.807) is 13.8 Å². The average molecular weight is 295 g/mol. The van der Waals surface area contributed by atoms with Crippen LogP contribution in [0.15, 0.2) is 29.2 Å². The second-order valence-corrected chi connectivity index (χ2v) is 5.70. The lowest BCUT2D eigenvalue weighted by atomic mass is 10.2. The molecule has 0 aromatic heterocycles. The molecule has 1 rings (SSSR count). The molecule has 110 valence electrons. The van der Waals surface area contributed by atoms with Gasteiger partial charge < -0.3 is 10.6 Å². The van der Waals surface area contributed by atoms with Gasteiger partial charge in [0.2, 0.25) is 5.91 Å². The van der Waals surface area contributed by atoms with Crippen molar-refractivity contribution in [2.24, 2.45) is 0 Å². The molecule has 0 spiro atoms. The quantitative estimate of drug-likeness (QED) is 0.699. The Balaban J connectivity index is 2.56. The number of carbonyl (C=O) groups excluding carboxylic acids is 2. The van der Waals surface area contributed by atoms with E-state index in [1.807, 2.05) is 31.3 Å². The van der Waals surface area contributed by atoms with Crippen molar-refractivity contribution in [3.63, 3.8) is 0 Å². The van der Waals surface area contributed by atoms with E-state index >= 15 is 0 Å². The summed E-state index contributed by atoms with van der Waals surface area (Å²) in [5, 5.41) is 7.61. The van der Waals surface area contributed by atoms with Crippen LogP contribution in [0.3, 0.4) is 0 Å². The average Bonchev–Trinajstić information content (AvgIpc) is 2.39. The number of imide groups is 1. The van der Waals surface area contributed by atoms with Gasteiger partial charge in [-0.15, -0.1) is 11.8 Å². The van der Waals surface area contributed by atoms with Crippen molar-refractivity contribution in [2.75, 3.05) is 13.6 Å². The van der Waals surface area contributed by atoms with Crippen molar-refractivity contribution in [1.82, 2.24) is 16.0 Å². The Hall–Kier alpha value is -1.53. The number of rotatable bonds is 6. The van der Waals surface area contributed by atoms with Crippen LogP contribution in [-0.2, 0) is 11.3 Å². The summed E-state index contributed by atoms with van der Waals surface area (Å²) < 4.78 is 0. The molecule has 3 N–H and O–H groups in total. The molecule has 0 aliphatic heterocycles. The Morgan fingerprint density at radius 1 is 1.35 bits per heavy atom. The third kappa shape index (κ3) is 5.63. The van der Waals surface area contributed by atoms with Crippen molar-refractivity contribution in [1.29, 1.82) is 0 Å². The molecule has 0 radical (unpaired) electrons. The van der Waals surface area contributed by atoms with Gasteiger partial charge in [0, 0.05) is 18.0 Å². The second kappa shape index (κ2) is 8.60. The highest BCUT2D eigenvalue weighted by atomic mass is 32.2. The lowest BCUT2D eigenvalue weighted by Gasteiger charge is -2.12. The first-order valence-corrected chi connectivity index (χ1v) is 7.43. The van der Waals surface area contributed by atoms with Crippen molar-refractivity contribution >= 4 is 23.7 Å². The molecule has 3 amide bonds. The third-order valence-electron chi connectivity index (χ3n) is 2.54. The molecule has 0 heterocycles. The Morgan fingerprint density at radius 3 is 2.75 bits per heavy atom. The van der Waals surface area contributed by atoms with Gasteiger partial charge in [-0.05, 0) is 38.6 Å². The molecule has 1 aromatic rings. The fourth-order valence-corrected chi connectivity index (χ4v) is 2.56. The van der Waals surface area contributed by atoms with Crippen LogP contribution in [-0.4, -0.2) is 30.8 Å². The van der Waals surface area contributed by atoms with Crippen molar-refractivity contribution in [3.05, 3.63) is 29.8 Å². The maximum absolute atomic E-state index is 11.8. The number of thioether (sulfide) groups is 1. The van der Waals surface area contributed by atoms with Gasteiger partial charge >= 0.3 is 6.03 Å². The lowest BCUT2D eigenvalue weighted by Crippen LogP contribution is -2.42. The lowest BCUT2D eigenvalue weighted by molar-refractivity contribution is -0.119. The summed E-state index contributed by atoms with van der Waals surface area (Å²) in [5.41, 5.74) is 1.16. The molecule has 0 fully saturated rings. The van der Waals surface area contributed by atoms with Gasteiger partial charge in [-0.2, -0.15) is 0 Å². The molecule has 0 bridgehead atoms. The zero-order valence-corrected chi connectivity index (χ0v) is 12.8. The molecule has 5 nitrogen and oxygen atoms in total. The number of hydrogen-bond donors (Lipinski definition) is 3. The number of urea groups is 1. The SMILES string of the molecule is CCNC(=O)NC(=O)C(C)Sc1cccc(CNC)c1. The van der Waals surface area contributed by atoms with Crippen molar-refractivity contribution < 1.29 is 9.59 Å². The molecule has 20 heavy (non-hydrogen) atoms. The van der Waals surface area contributed by atoms with Crippen LogP contribution in [0.1, 0.15) is 19.4 Å². The minimum absolute atomic E-state index is 0.292. The zero-order valence-electron chi connectivity index (χ0n) is 12.0. The monoisotopic (exact) mass is 295 g/mol. The Morgan fingerprint density at radius 2 is 2.10 bits per heavy atom. The number of amides is 3. The van der Waals surface area contributed by atoms with Gasteiger partial charge in [0.1, 0.15) is 0 Å². The summed E-state index contributed by atoms with van der Waals surface area (Å²) in [6, 6.07) is 7.54. The van der Waals surface area contributed by atoms with E-state index in [2.05, 4.69) is 16.0 Å². The normalized spacial score (nSPS) is 11.8. The summed E-state index contributed by atoms with van der Waals surface area (Å²) in [4.78, 5) is 24.1. The highest BCUT2D eigenvalue weighted by Gasteiger charge is 2.16. The minimum atomic E-state index is -0.450. The van der Waals surface area contributed by atoms with Crippen LogP contribution in [0.4, 0.5) is 4.79 Å². The fraction of sp³-hybridized carbons (Fsp3) is 0.429. The van der Waals surface area contributed by atoms with Gasteiger partial charge in [-0.3, -0.25) is 10.1 Å². The molecule has 1 aromatic carbocycles. The molecule has 0 saturated carbocycles. The summed E-state index contributed by atoms with van der Waals surface area (Å²) in [6.07, 6.45) is 0. The predicted molar refractivity (Wildman–Crippen MR) is 81.7 cm³/mol. The van der Waals surface area contributed by atoms with Crippen molar-refractivity contribution in [2.45, 2.75) is 30.5 Å². The second-order valence-electron chi connectivity index (χ2n) is 4.29. The van der Waals surface area contributed by atoms with Crippen LogP contribution in [0.5, 0.6) is 0 Å². The summed E-state index contributed by atoms with van der Waals surface area (Å²) in [7, 11) is 1.89. The van der Waals surface area contributed by atoms with Crippen LogP contribution >= 0.6 is 11.8 Å². The Bertz CT molecular complexity index is 465. The third-order valence-corrected chi connectivity index (χ3v) is 3.63. The molecule has 1 unspecified atom stereocenters. The number of benzene rings is 1. The maximum atomic E-state index is 11.8. The maximum Gasteiger partial charge on any atom is 0.321 e. The first kappa shape index (κ1) is 16.5. The standard InChI is InChI=1S/C14H21N3O2S/c1-4-16-14(19)17-13(18)10(2)20-12-7-5-6-11(8-12)9-15-3/h5-8,10,15H,4,9H2,1-3H3,(H2,16,17,18,19). The summed E-state index contributed by atoms with van der Waals surface area (Å²) in [5.74, 6) is -0.292. The largest absolute Gasteiger partial charge is 0.338 e. The predicted octanol–water partition coefficient (Wildman–Crippen LogP) is 1.73. The Kier molecular flexibility index (Phi) is 7.11.